The summed E-state index contributed by atoms with van der Waals surface area (Å²) in [6.07, 6.45) is 0. The molecular weight excluding hydrogens is 392 g/mol. The lowest BCUT2D eigenvalue weighted by Crippen LogP contribution is -2.01. The quantitative estimate of drug-likeness (QED) is 0.331. The molecule has 0 amide bonds. The van der Waals surface area contributed by atoms with E-state index in [0.29, 0.717) is 11.6 Å². The van der Waals surface area contributed by atoms with Gasteiger partial charge in [0, 0.05) is 21.9 Å². The lowest BCUT2D eigenvalue weighted by molar-refractivity contribution is 1.13. The molecule has 150 valence electrons. The molecule has 0 fully saturated rings. The second kappa shape index (κ2) is 7.67. The zero-order valence-corrected chi connectivity index (χ0v) is 17.2. The van der Waals surface area contributed by atoms with Crippen molar-refractivity contribution in [2.24, 2.45) is 0 Å². The number of benzene rings is 4. The summed E-state index contributed by atoms with van der Waals surface area (Å²) in [4.78, 5) is 19.6. The second-order valence-electron chi connectivity index (χ2n) is 7.56. The molecule has 0 radical (unpaired) electrons. The predicted octanol–water partition coefficient (Wildman–Crippen LogP) is 6.57. The summed E-state index contributed by atoms with van der Waals surface area (Å²) >= 11 is 0. The van der Waals surface area contributed by atoms with E-state index in [-0.39, 0.29) is 0 Å². The smallest absolute Gasteiger partial charge is 0.198 e. The number of fused-ring (bicyclic) bond motifs is 2. The van der Waals surface area contributed by atoms with Crippen LogP contribution >= 0.6 is 0 Å². The third kappa shape index (κ3) is 3.19. The van der Waals surface area contributed by atoms with E-state index in [1.54, 1.807) is 0 Å². The Morgan fingerprint density at radius 1 is 0.344 bits per heavy atom. The first kappa shape index (κ1) is 18.3. The van der Waals surface area contributed by atoms with Crippen LogP contribution in [-0.4, -0.2) is 19.9 Å². The fraction of sp³-hybridized carbons (Fsp3) is 0. The van der Waals surface area contributed by atoms with E-state index < -0.39 is 0 Å². The first-order chi connectivity index (χ1) is 15.9. The molecule has 0 aliphatic carbocycles. The van der Waals surface area contributed by atoms with Gasteiger partial charge in [0.05, 0.1) is 22.4 Å². The molecule has 0 aliphatic rings. The first-order valence-corrected chi connectivity index (χ1v) is 10.5. The highest BCUT2D eigenvalue weighted by atomic mass is 15.0. The molecule has 32 heavy (non-hydrogen) atoms. The van der Waals surface area contributed by atoms with Crippen molar-refractivity contribution in [3.05, 3.63) is 109 Å². The zero-order valence-electron chi connectivity index (χ0n) is 17.2. The highest BCUT2D eigenvalue weighted by Crippen LogP contribution is 2.31. The minimum atomic E-state index is 0.519. The summed E-state index contributed by atoms with van der Waals surface area (Å²) in [6, 6.07) is 36.5. The molecule has 0 spiro atoms. The van der Waals surface area contributed by atoms with Crippen LogP contribution < -0.4 is 0 Å². The number of rotatable bonds is 3. The van der Waals surface area contributed by atoms with Gasteiger partial charge in [0.2, 0.25) is 0 Å². The summed E-state index contributed by atoms with van der Waals surface area (Å²) in [6.45, 7) is 0. The fourth-order valence-electron chi connectivity index (χ4n) is 3.99. The van der Waals surface area contributed by atoms with Gasteiger partial charge in [-0.15, -0.1) is 0 Å². The van der Waals surface area contributed by atoms with Crippen LogP contribution in [0.2, 0.25) is 0 Å². The largest absolute Gasteiger partial charge is 0.225 e. The highest BCUT2D eigenvalue weighted by Gasteiger charge is 2.16. The molecule has 0 bridgehead atoms. The van der Waals surface area contributed by atoms with E-state index in [4.69, 9.17) is 19.9 Å². The molecule has 0 atom stereocenters. The molecular formula is C28H18N4. The van der Waals surface area contributed by atoms with E-state index in [9.17, 15) is 0 Å². The van der Waals surface area contributed by atoms with Crippen LogP contribution in [0.4, 0.5) is 0 Å². The van der Waals surface area contributed by atoms with E-state index in [2.05, 4.69) is 36.4 Å². The van der Waals surface area contributed by atoms with E-state index >= 15 is 0 Å². The molecule has 4 aromatic carbocycles. The van der Waals surface area contributed by atoms with Gasteiger partial charge in [0.25, 0.3) is 0 Å². The Balaban J connectivity index is 1.64. The Morgan fingerprint density at radius 3 is 1.16 bits per heavy atom. The molecule has 2 heterocycles. The van der Waals surface area contributed by atoms with Crippen LogP contribution in [0, 0.1) is 0 Å². The molecule has 0 N–H and O–H groups in total. The van der Waals surface area contributed by atoms with Crippen LogP contribution in [0.5, 0.6) is 0 Å². The van der Waals surface area contributed by atoms with Crippen molar-refractivity contribution in [2.45, 2.75) is 0 Å². The SMILES string of the molecule is c1ccc(-c2nc(-c3nc(-c4ccccc4)c4ccccc4n3)nc3ccccc23)cc1. The predicted molar refractivity (Wildman–Crippen MR) is 129 cm³/mol. The van der Waals surface area contributed by atoms with Crippen LogP contribution in [0.15, 0.2) is 109 Å². The van der Waals surface area contributed by atoms with Gasteiger partial charge in [-0.05, 0) is 12.1 Å². The number of hydrogen-bond acceptors (Lipinski definition) is 4. The Labute approximate surface area is 185 Å². The lowest BCUT2D eigenvalue weighted by Gasteiger charge is -2.11. The Morgan fingerprint density at radius 2 is 0.719 bits per heavy atom. The molecule has 6 rings (SSSR count). The average Bonchev–Trinajstić information content (AvgIpc) is 2.88. The minimum absolute atomic E-state index is 0.519. The van der Waals surface area contributed by atoms with Gasteiger partial charge in [-0.1, -0.05) is 97.1 Å². The number of para-hydroxylation sites is 2. The first-order valence-electron chi connectivity index (χ1n) is 10.5. The van der Waals surface area contributed by atoms with Crippen LogP contribution in [0.1, 0.15) is 0 Å². The lowest BCUT2D eigenvalue weighted by atomic mass is 10.1. The van der Waals surface area contributed by atoms with Gasteiger partial charge in [-0.2, -0.15) is 0 Å². The molecule has 6 aromatic rings. The molecule has 4 nitrogen and oxygen atoms in total. The number of aromatic nitrogens is 4. The molecule has 4 heteroatoms. The normalized spacial score (nSPS) is 11.1. The second-order valence-corrected chi connectivity index (χ2v) is 7.56. The van der Waals surface area contributed by atoms with E-state index in [0.717, 1.165) is 44.3 Å². The number of hydrogen-bond donors (Lipinski definition) is 0. The Hall–Kier alpha value is -4.44. The van der Waals surface area contributed by atoms with Gasteiger partial charge in [-0.25, -0.2) is 19.9 Å². The maximum atomic E-state index is 4.95. The van der Waals surface area contributed by atoms with Crippen molar-refractivity contribution in [1.29, 1.82) is 0 Å². The van der Waals surface area contributed by atoms with E-state index in [1.807, 2.05) is 72.8 Å². The zero-order chi connectivity index (χ0) is 21.3. The third-order valence-electron chi connectivity index (χ3n) is 5.50. The summed E-state index contributed by atoms with van der Waals surface area (Å²) < 4.78 is 0. The summed E-state index contributed by atoms with van der Waals surface area (Å²) in [5, 5.41) is 2.01. The maximum Gasteiger partial charge on any atom is 0.198 e. The molecule has 2 aromatic heterocycles. The Kier molecular flexibility index (Phi) is 4.40. The van der Waals surface area contributed by atoms with Gasteiger partial charge < -0.3 is 0 Å². The van der Waals surface area contributed by atoms with Crippen LogP contribution in [-0.2, 0) is 0 Å². The van der Waals surface area contributed by atoms with Gasteiger partial charge in [0.1, 0.15) is 0 Å². The summed E-state index contributed by atoms with van der Waals surface area (Å²) in [5.74, 6) is 1.04. The van der Waals surface area contributed by atoms with Crippen molar-refractivity contribution >= 4 is 21.8 Å². The highest BCUT2D eigenvalue weighted by molar-refractivity contribution is 5.95. The molecule has 0 saturated heterocycles. The van der Waals surface area contributed by atoms with Crippen LogP contribution in [0.3, 0.4) is 0 Å². The van der Waals surface area contributed by atoms with Crippen molar-refractivity contribution < 1.29 is 0 Å². The van der Waals surface area contributed by atoms with E-state index in [1.165, 1.54) is 0 Å². The average molecular weight is 410 g/mol. The summed E-state index contributed by atoms with van der Waals surface area (Å²) in [7, 11) is 0. The molecule has 0 unspecified atom stereocenters. The van der Waals surface area contributed by atoms with Crippen molar-refractivity contribution in [3.8, 4) is 34.2 Å². The minimum Gasteiger partial charge on any atom is -0.225 e. The fourth-order valence-corrected chi connectivity index (χ4v) is 3.99. The van der Waals surface area contributed by atoms with Gasteiger partial charge in [-0.3, -0.25) is 0 Å². The molecule has 0 saturated carbocycles. The topological polar surface area (TPSA) is 51.6 Å². The van der Waals surface area contributed by atoms with Crippen LogP contribution in [0.25, 0.3) is 56.0 Å². The Bertz CT molecular complexity index is 1440. The van der Waals surface area contributed by atoms with Crippen molar-refractivity contribution in [1.82, 2.24) is 19.9 Å². The molecule has 0 aliphatic heterocycles. The third-order valence-corrected chi connectivity index (χ3v) is 5.50. The monoisotopic (exact) mass is 410 g/mol. The maximum absolute atomic E-state index is 4.95. The summed E-state index contributed by atoms with van der Waals surface area (Å²) in [5.41, 5.74) is 5.57. The van der Waals surface area contributed by atoms with Crippen molar-refractivity contribution in [2.75, 3.05) is 0 Å². The van der Waals surface area contributed by atoms with Gasteiger partial charge >= 0.3 is 0 Å². The van der Waals surface area contributed by atoms with Gasteiger partial charge in [0.15, 0.2) is 11.6 Å². The number of nitrogens with zero attached hydrogens (tertiary/aromatic N) is 4. The van der Waals surface area contributed by atoms with Crippen molar-refractivity contribution in [3.63, 3.8) is 0 Å². The standard InChI is InChI=1S/C28H18N4/c1-3-11-19(12-4-1)25-21-15-7-9-17-23(21)29-27(31-25)28-30-24-18-10-8-16-22(24)26(32-28)20-13-5-2-6-14-20/h1-18H.